The predicted octanol–water partition coefficient (Wildman–Crippen LogP) is 2.61. The smallest absolute Gasteiger partial charge is 0.227 e. The van der Waals surface area contributed by atoms with E-state index in [4.69, 9.17) is 0 Å². The topological polar surface area (TPSA) is 54.0 Å². The lowest BCUT2D eigenvalue weighted by Gasteiger charge is -2.26. The second-order valence-electron chi connectivity index (χ2n) is 5.38. The Morgan fingerprint density at radius 2 is 2.24 bits per heavy atom. The van der Waals surface area contributed by atoms with Crippen LogP contribution in [-0.2, 0) is 11.3 Å². The minimum atomic E-state index is -0.0652. The summed E-state index contributed by atoms with van der Waals surface area (Å²) < 4.78 is 0. The Hall–Kier alpha value is -2.36. The standard InChI is InChI=1S/C17H19N3O/c1-12-10-18-8-6-13(12)11-20-17(21)15-7-9-19-16-5-3-2-4-14(15)16/h2-6,8,10,15,19H,7,9,11H2,1H3,(H,20,21). The number of carbonyl (C=O) groups excluding carboxylic acids is 1. The summed E-state index contributed by atoms with van der Waals surface area (Å²) in [5.74, 6) is 0.0322. The summed E-state index contributed by atoms with van der Waals surface area (Å²) in [4.78, 5) is 16.6. The minimum absolute atomic E-state index is 0.0652. The Bertz CT molecular complexity index is 654. The molecule has 4 nitrogen and oxygen atoms in total. The van der Waals surface area contributed by atoms with Gasteiger partial charge in [-0.1, -0.05) is 18.2 Å². The number of rotatable bonds is 3. The van der Waals surface area contributed by atoms with Gasteiger partial charge in [0.25, 0.3) is 0 Å². The molecule has 0 bridgehead atoms. The number of benzene rings is 1. The molecule has 1 unspecified atom stereocenters. The average molecular weight is 281 g/mol. The number of pyridine rings is 1. The molecule has 0 radical (unpaired) electrons. The monoisotopic (exact) mass is 281 g/mol. The highest BCUT2D eigenvalue weighted by Crippen LogP contribution is 2.31. The highest BCUT2D eigenvalue weighted by Gasteiger charge is 2.25. The Labute approximate surface area is 124 Å². The van der Waals surface area contributed by atoms with Gasteiger partial charge in [0.2, 0.25) is 5.91 Å². The van der Waals surface area contributed by atoms with Crippen LogP contribution in [0.25, 0.3) is 0 Å². The molecule has 1 aromatic heterocycles. The molecule has 0 fully saturated rings. The lowest BCUT2D eigenvalue weighted by atomic mass is 9.90. The van der Waals surface area contributed by atoms with Gasteiger partial charge >= 0.3 is 0 Å². The molecule has 108 valence electrons. The number of anilines is 1. The van der Waals surface area contributed by atoms with Crippen molar-refractivity contribution in [2.45, 2.75) is 25.8 Å². The highest BCUT2D eigenvalue weighted by atomic mass is 16.1. The molecule has 1 aromatic carbocycles. The van der Waals surface area contributed by atoms with E-state index in [1.807, 2.05) is 43.5 Å². The molecule has 1 atom stereocenters. The van der Waals surface area contributed by atoms with Crippen molar-refractivity contribution < 1.29 is 4.79 Å². The Balaban J connectivity index is 1.71. The lowest BCUT2D eigenvalue weighted by Crippen LogP contribution is -2.32. The van der Waals surface area contributed by atoms with Crippen LogP contribution in [0.4, 0.5) is 5.69 Å². The summed E-state index contributed by atoms with van der Waals surface area (Å²) in [6, 6.07) is 9.99. The van der Waals surface area contributed by atoms with Gasteiger partial charge in [-0.05, 0) is 42.2 Å². The summed E-state index contributed by atoms with van der Waals surface area (Å²) in [6.45, 7) is 3.40. The van der Waals surface area contributed by atoms with E-state index >= 15 is 0 Å². The molecule has 21 heavy (non-hydrogen) atoms. The zero-order valence-electron chi connectivity index (χ0n) is 12.1. The summed E-state index contributed by atoms with van der Waals surface area (Å²) >= 11 is 0. The lowest BCUT2D eigenvalue weighted by molar-refractivity contribution is -0.122. The van der Waals surface area contributed by atoms with E-state index in [-0.39, 0.29) is 11.8 Å². The van der Waals surface area contributed by atoms with Gasteiger partial charge in [-0.25, -0.2) is 0 Å². The maximum atomic E-state index is 12.5. The zero-order valence-corrected chi connectivity index (χ0v) is 12.1. The SMILES string of the molecule is Cc1cnccc1CNC(=O)C1CCNc2ccccc21. The van der Waals surface area contributed by atoms with Crippen molar-refractivity contribution in [3.8, 4) is 0 Å². The average Bonchev–Trinajstić information content (AvgIpc) is 2.53. The van der Waals surface area contributed by atoms with Crippen LogP contribution in [0.3, 0.4) is 0 Å². The number of amides is 1. The van der Waals surface area contributed by atoms with Gasteiger partial charge < -0.3 is 10.6 Å². The number of para-hydroxylation sites is 1. The quantitative estimate of drug-likeness (QED) is 0.909. The van der Waals surface area contributed by atoms with Crippen LogP contribution in [0, 0.1) is 6.92 Å². The molecule has 0 saturated carbocycles. The number of aryl methyl sites for hydroxylation is 1. The molecular weight excluding hydrogens is 262 g/mol. The largest absolute Gasteiger partial charge is 0.385 e. The van der Waals surface area contributed by atoms with E-state index in [0.717, 1.165) is 35.3 Å². The number of aromatic nitrogens is 1. The van der Waals surface area contributed by atoms with Crippen molar-refractivity contribution in [1.82, 2.24) is 10.3 Å². The molecule has 3 rings (SSSR count). The van der Waals surface area contributed by atoms with E-state index < -0.39 is 0 Å². The first-order valence-corrected chi connectivity index (χ1v) is 7.25. The second kappa shape index (κ2) is 5.95. The highest BCUT2D eigenvalue weighted by molar-refractivity contribution is 5.86. The van der Waals surface area contributed by atoms with E-state index in [1.54, 1.807) is 6.20 Å². The second-order valence-corrected chi connectivity index (χ2v) is 5.38. The Morgan fingerprint density at radius 1 is 1.38 bits per heavy atom. The molecule has 0 saturated heterocycles. The van der Waals surface area contributed by atoms with E-state index in [1.165, 1.54) is 0 Å². The van der Waals surface area contributed by atoms with Gasteiger partial charge in [0.05, 0.1) is 5.92 Å². The molecular formula is C17H19N3O. The van der Waals surface area contributed by atoms with Crippen LogP contribution in [0.1, 0.15) is 29.0 Å². The number of nitrogens with one attached hydrogen (secondary N) is 2. The maximum absolute atomic E-state index is 12.5. The number of carbonyl (C=O) groups is 1. The fraction of sp³-hybridized carbons (Fsp3) is 0.294. The minimum Gasteiger partial charge on any atom is -0.385 e. The Kier molecular flexibility index (Phi) is 3.86. The fourth-order valence-corrected chi connectivity index (χ4v) is 2.75. The molecule has 1 aliphatic rings. The van der Waals surface area contributed by atoms with E-state index in [0.29, 0.717) is 6.54 Å². The fourth-order valence-electron chi connectivity index (χ4n) is 2.75. The predicted molar refractivity (Wildman–Crippen MR) is 83.1 cm³/mol. The van der Waals surface area contributed by atoms with Crippen molar-refractivity contribution in [2.75, 3.05) is 11.9 Å². The first-order valence-electron chi connectivity index (χ1n) is 7.25. The van der Waals surface area contributed by atoms with Gasteiger partial charge in [0, 0.05) is 31.2 Å². The summed E-state index contributed by atoms with van der Waals surface area (Å²) in [5.41, 5.74) is 4.38. The first-order chi connectivity index (χ1) is 10.3. The van der Waals surface area contributed by atoms with Crippen LogP contribution in [-0.4, -0.2) is 17.4 Å². The third kappa shape index (κ3) is 2.89. The molecule has 2 N–H and O–H groups in total. The van der Waals surface area contributed by atoms with Gasteiger partial charge in [-0.2, -0.15) is 0 Å². The van der Waals surface area contributed by atoms with Crippen LogP contribution in [0.2, 0.25) is 0 Å². The number of hydrogen-bond donors (Lipinski definition) is 2. The molecule has 4 heteroatoms. The van der Waals surface area contributed by atoms with Crippen LogP contribution in [0.5, 0.6) is 0 Å². The number of hydrogen-bond acceptors (Lipinski definition) is 3. The number of nitrogens with zero attached hydrogens (tertiary/aromatic N) is 1. The molecule has 1 aliphatic heterocycles. The third-order valence-electron chi connectivity index (χ3n) is 3.99. The van der Waals surface area contributed by atoms with Crippen molar-refractivity contribution >= 4 is 11.6 Å². The summed E-state index contributed by atoms with van der Waals surface area (Å²) in [5, 5.41) is 6.40. The molecule has 0 spiro atoms. The molecule has 2 aromatic rings. The Morgan fingerprint density at radius 3 is 3.10 bits per heavy atom. The van der Waals surface area contributed by atoms with Gasteiger partial charge in [-0.3, -0.25) is 9.78 Å². The van der Waals surface area contributed by atoms with Gasteiger partial charge in [-0.15, -0.1) is 0 Å². The van der Waals surface area contributed by atoms with Crippen molar-refractivity contribution in [3.63, 3.8) is 0 Å². The van der Waals surface area contributed by atoms with Crippen molar-refractivity contribution in [2.24, 2.45) is 0 Å². The zero-order chi connectivity index (χ0) is 14.7. The third-order valence-corrected chi connectivity index (χ3v) is 3.99. The normalized spacial score (nSPS) is 16.7. The van der Waals surface area contributed by atoms with Crippen LogP contribution < -0.4 is 10.6 Å². The van der Waals surface area contributed by atoms with Crippen molar-refractivity contribution in [1.29, 1.82) is 0 Å². The summed E-state index contributed by atoms with van der Waals surface area (Å²) in [7, 11) is 0. The van der Waals surface area contributed by atoms with Crippen LogP contribution >= 0.6 is 0 Å². The maximum Gasteiger partial charge on any atom is 0.227 e. The number of fused-ring (bicyclic) bond motifs is 1. The molecule has 0 aliphatic carbocycles. The molecule has 2 heterocycles. The van der Waals surface area contributed by atoms with Crippen LogP contribution in [0.15, 0.2) is 42.7 Å². The van der Waals surface area contributed by atoms with Crippen molar-refractivity contribution in [3.05, 3.63) is 59.4 Å². The molecule has 1 amide bonds. The van der Waals surface area contributed by atoms with Gasteiger partial charge in [0.15, 0.2) is 0 Å². The van der Waals surface area contributed by atoms with E-state index in [2.05, 4.69) is 15.6 Å². The van der Waals surface area contributed by atoms with E-state index in [9.17, 15) is 4.79 Å². The first kappa shape index (κ1) is 13.6. The summed E-state index contributed by atoms with van der Waals surface area (Å²) in [6.07, 6.45) is 4.41. The van der Waals surface area contributed by atoms with Gasteiger partial charge in [0.1, 0.15) is 0 Å².